The topological polar surface area (TPSA) is 44.8 Å². The van der Waals surface area contributed by atoms with E-state index in [4.69, 9.17) is 14.2 Å². The summed E-state index contributed by atoms with van der Waals surface area (Å²) in [5.74, 6) is 2.22. The molecule has 0 amide bonds. The van der Waals surface area contributed by atoms with E-state index in [0.29, 0.717) is 12.2 Å². The second kappa shape index (κ2) is 9.60. The van der Waals surface area contributed by atoms with E-state index in [1.807, 2.05) is 73.7 Å². The third kappa shape index (κ3) is 5.48. The molecule has 0 bridgehead atoms. The van der Waals surface area contributed by atoms with Crippen LogP contribution in [0.1, 0.15) is 27.0 Å². The van der Waals surface area contributed by atoms with Crippen molar-refractivity contribution in [1.29, 1.82) is 0 Å². The molecule has 0 aliphatic rings. The minimum Gasteiger partial charge on any atom is -0.497 e. The lowest BCUT2D eigenvalue weighted by molar-refractivity contribution is 0.104. The average Bonchev–Trinajstić information content (AvgIpc) is 2.77. The minimum atomic E-state index is -0.0307. The summed E-state index contributed by atoms with van der Waals surface area (Å²) in [4.78, 5) is 12.4. The van der Waals surface area contributed by atoms with Crippen LogP contribution in [0.2, 0.25) is 0 Å². The molecule has 148 valence electrons. The van der Waals surface area contributed by atoms with Gasteiger partial charge in [-0.3, -0.25) is 4.79 Å². The van der Waals surface area contributed by atoms with Crippen LogP contribution in [0, 0.1) is 6.92 Å². The number of hydrogen-bond donors (Lipinski definition) is 0. The number of aryl methyl sites for hydroxylation is 1. The zero-order valence-electron chi connectivity index (χ0n) is 16.8. The van der Waals surface area contributed by atoms with E-state index in [1.165, 1.54) is 0 Å². The largest absolute Gasteiger partial charge is 0.497 e. The van der Waals surface area contributed by atoms with E-state index in [-0.39, 0.29) is 5.78 Å². The normalized spacial score (nSPS) is 10.7. The molecule has 0 radical (unpaired) electrons. The van der Waals surface area contributed by atoms with E-state index >= 15 is 0 Å². The lowest BCUT2D eigenvalue weighted by Crippen LogP contribution is -1.99. The number of carbonyl (C=O) groups excluding carboxylic acids is 1. The molecule has 0 aromatic heterocycles. The molecule has 0 unspecified atom stereocenters. The molecule has 4 heteroatoms. The van der Waals surface area contributed by atoms with Crippen LogP contribution in [0.4, 0.5) is 0 Å². The fourth-order valence-corrected chi connectivity index (χ4v) is 2.83. The summed E-state index contributed by atoms with van der Waals surface area (Å²) in [5.41, 5.74) is 3.60. The molecule has 0 saturated heterocycles. The van der Waals surface area contributed by atoms with E-state index in [0.717, 1.165) is 33.9 Å². The Morgan fingerprint density at radius 2 is 1.55 bits per heavy atom. The Kier molecular flexibility index (Phi) is 6.69. The summed E-state index contributed by atoms with van der Waals surface area (Å²) in [6, 6.07) is 20.7. The molecular formula is C25H24O4. The maximum atomic E-state index is 12.4. The second-order valence-electron chi connectivity index (χ2n) is 6.60. The number of rotatable bonds is 8. The third-order valence-corrected chi connectivity index (χ3v) is 4.52. The molecule has 0 spiro atoms. The van der Waals surface area contributed by atoms with Gasteiger partial charge in [-0.1, -0.05) is 42.0 Å². The Morgan fingerprint density at radius 1 is 0.862 bits per heavy atom. The Hall–Kier alpha value is -3.53. The highest BCUT2D eigenvalue weighted by molar-refractivity contribution is 6.06. The molecule has 0 aliphatic heterocycles. The first-order chi connectivity index (χ1) is 14.1. The van der Waals surface area contributed by atoms with Crippen molar-refractivity contribution in [3.63, 3.8) is 0 Å². The van der Waals surface area contributed by atoms with Crippen molar-refractivity contribution in [2.45, 2.75) is 13.5 Å². The van der Waals surface area contributed by atoms with Gasteiger partial charge in [0.15, 0.2) is 5.78 Å². The van der Waals surface area contributed by atoms with Crippen LogP contribution in [-0.4, -0.2) is 20.0 Å². The molecule has 3 aromatic carbocycles. The van der Waals surface area contributed by atoms with Crippen LogP contribution in [0.3, 0.4) is 0 Å². The van der Waals surface area contributed by atoms with Crippen LogP contribution in [-0.2, 0) is 6.61 Å². The minimum absolute atomic E-state index is 0.0307. The molecule has 0 saturated carbocycles. The van der Waals surface area contributed by atoms with Gasteiger partial charge in [-0.05, 0) is 55.0 Å². The van der Waals surface area contributed by atoms with Gasteiger partial charge in [-0.25, -0.2) is 0 Å². The standard InChI is InChI=1S/C25H24O4/c1-18-4-8-20(9-5-18)24(26)14-6-19-7-15-25(28-3)21(16-19)17-29-23-12-10-22(27-2)11-13-23/h4-16H,17H2,1-3H3/b14-6+. The van der Waals surface area contributed by atoms with E-state index in [9.17, 15) is 4.79 Å². The highest BCUT2D eigenvalue weighted by Crippen LogP contribution is 2.24. The van der Waals surface area contributed by atoms with Gasteiger partial charge in [-0.2, -0.15) is 0 Å². The molecule has 0 fully saturated rings. The molecular weight excluding hydrogens is 364 g/mol. The van der Waals surface area contributed by atoms with Crippen molar-refractivity contribution in [3.05, 3.63) is 95.1 Å². The number of carbonyl (C=O) groups is 1. The fourth-order valence-electron chi connectivity index (χ4n) is 2.83. The van der Waals surface area contributed by atoms with Gasteiger partial charge in [0.1, 0.15) is 23.9 Å². The first-order valence-corrected chi connectivity index (χ1v) is 9.32. The van der Waals surface area contributed by atoms with E-state index in [2.05, 4.69) is 0 Å². The maximum absolute atomic E-state index is 12.4. The Labute approximate surface area is 171 Å². The molecule has 0 aliphatic carbocycles. The van der Waals surface area contributed by atoms with Crippen molar-refractivity contribution >= 4 is 11.9 Å². The van der Waals surface area contributed by atoms with E-state index < -0.39 is 0 Å². The van der Waals surface area contributed by atoms with Gasteiger partial charge < -0.3 is 14.2 Å². The average molecular weight is 388 g/mol. The molecule has 0 N–H and O–H groups in total. The zero-order valence-corrected chi connectivity index (χ0v) is 16.8. The highest BCUT2D eigenvalue weighted by atomic mass is 16.5. The van der Waals surface area contributed by atoms with Crippen molar-refractivity contribution < 1.29 is 19.0 Å². The molecule has 4 nitrogen and oxygen atoms in total. The summed E-state index contributed by atoms with van der Waals surface area (Å²) < 4.78 is 16.5. The predicted molar refractivity (Wildman–Crippen MR) is 115 cm³/mol. The lowest BCUT2D eigenvalue weighted by Gasteiger charge is -2.11. The number of ketones is 1. The van der Waals surface area contributed by atoms with Crippen LogP contribution in [0.5, 0.6) is 17.2 Å². The predicted octanol–water partition coefficient (Wildman–Crippen LogP) is 5.49. The first-order valence-electron chi connectivity index (χ1n) is 9.32. The Morgan fingerprint density at radius 3 is 2.21 bits per heavy atom. The summed E-state index contributed by atoms with van der Waals surface area (Å²) in [7, 11) is 3.26. The Bertz CT molecular complexity index is 986. The zero-order chi connectivity index (χ0) is 20.6. The molecule has 3 rings (SSSR count). The monoisotopic (exact) mass is 388 g/mol. The van der Waals surface area contributed by atoms with Gasteiger partial charge in [0, 0.05) is 11.1 Å². The number of benzene rings is 3. The summed E-state index contributed by atoms with van der Waals surface area (Å²) >= 11 is 0. The molecule has 0 heterocycles. The fraction of sp³-hybridized carbons (Fsp3) is 0.160. The molecule has 0 atom stereocenters. The second-order valence-corrected chi connectivity index (χ2v) is 6.60. The lowest BCUT2D eigenvalue weighted by atomic mass is 10.1. The van der Waals surface area contributed by atoms with Crippen molar-refractivity contribution in [2.24, 2.45) is 0 Å². The SMILES string of the molecule is COc1ccc(OCc2cc(/C=C/C(=O)c3ccc(C)cc3)ccc2OC)cc1. The summed E-state index contributed by atoms with van der Waals surface area (Å²) in [5, 5.41) is 0. The number of hydrogen-bond acceptors (Lipinski definition) is 4. The van der Waals surface area contributed by atoms with Crippen molar-refractivity contribution in [1.82, 2.24) is 0 Å². The Balaban J connectivity index is 1.71. The molecule has 3 aromatic rings. The number of methoxy groups -OCH3 is 2. The third-order valence-electron chi connectivity index (χ3n) is 4.52. The highest BCUT2D eigenvalue weighted by Gasteiger charge is 2.06. The molecule has 29 heavy (non-hydrogen) atoms. The van der Waals surface area contributed by atoms with Crippen molar-refractivity contribution in [2.75, 3.05) is 14.2 Å². The quantitative estimate of drug-likeness (QED) is 0.378. The van der Waals surface area contributed by atoms with Crippen molar-refractivity contribution in [3.8, 4) is 17.2 Å². The number of allylic oxidation sites excluding steroid dienone is 1. The smallest absolute Gasteiger partial charge is 0.185 e. The van der Waals surface area contributed by atoms with Gasteiger partial charge in [0.05, 0.1) is 14.2 Å². The number of ether oxygens (including phenoxy) is 3. The maximum Gasteiger partial charge on any atom is 0.185 e. The van der Waals surface area contributed by atoms with Gasteiger partial charge in [0.2, 0.25) is 0 Å². The van der Waals surface area contributed by atoms with Gasteiger partial charge in [-0.15, -0.1) is 0 Å². The van der Waals surface area contributed by atoms with Crippen LogP contribution in [0.25, 0.3) is 6.08 Å². The van der Waals surface area contributed by atoms with Crippen LogP contribution >= 0.6 is 0 Å². The van der Waals surface area contributed by atoms with Gasteiger partial charge >= 0.3 is 0 Å². The summed E-state index contributed by atoms with van der Waals surface area (Å²) in [6.07, 6.45) is 3.39. The van der Waals surface area contributed by atoms with Gasteiger partial charge in [0.25, 0.3) is 0 Å². The van der Waals surface area contributed by atoms with Crippen LogP contribution < -0.4 is 14.2 Å². The van der Waals surface area contributed by atoms with E-state index in [1.54, 1.807) is 26.4 Å². The van der Waals surface area contributed by atoms with Crippen LogP contribution in [0.15, 0.2) is 72.8 Å². The summed E-state index contributed by atoms with van der Waals surface area (Å²) in [6.45, 7) is 2.35. The first kappa shape index (κ1) is 20.2.